The van der Waals surface area contributed by atoms with Gasteiger partial charge in [0.2, 0.25) is 0 Å². The van der Waals surface area contributed by atoms with Gasteiger partial charge in [-0.05, 0) is 112 Å². The number of aryl methyl sites for hydroxylation is 4. The molecule has 4 aromatic rings. The number of nitrogens with zero attached hydrogens (tertiary/aromatic N) is 1. The van der Waals surface area contributed by atoms with E-state index in [9.17, 15) is 28.6 Å². The zero-order chi connectivity index (χ0) is 44.3. The summed E-state index contributed by atoms with van der Waals surface area (Å²) in [6.45, 7) is 13.5. The number of aliphatic hydroxyl groups is 2. The van der Waals surface area contributed by atoms with E-state index in [4.69, 9.17) is 8.22 Å². The Labute approximate surface area is 302 Å². The number of anilines is 1. The van der Waals surface area contributed by atoms with Gasteiger partial charge in [0, 0.05) is 42.7 Å². The van der Waals surface area contributed by atoms with Gasteiger partial charge in [0.25, 0.3) is 5.91 Å². The van der Waals surface area contributed by atoms with Crippen LogP contribution in [0.5, 0.6) is 0 Å². The van der Waals surface area contributed by atoms with Crippen LogP contribution in [0.1, 0.15) is 116 Å². The van der Waals surface area contributed by atoms with E-state index in [2.05, 4.69) is 5.32 Å². The fourth-order valence-corrected chi connectivity index (χ4v) is 6.25. The van der Waals surface area contributed by atoms with Crippen molar-refractivity contribution in [2.45, 2.75) is 105 Å². The third kappa shape index (κ3) is 8.67. The van der Waals surface area contributed by atoms with Gasteiger partial charge in [-0.1, -0.05) is 56.7 Å². The predicted octanol–water partition coefficient (Wildman–Crippen LogP) is 9.13. The van der Waals surface area contributed by atoms with Crippen molar-refractivity contribution in [2.75, 3.05) is 5.32 Å². The number of aliphatic carboxylic acids is 1. The van der Waals surface area contributed by atoms with E-state index in [0.717, 1.165) is 34.2 Å². The molecule has 2 unspecified atom stereocenters. The zero-order valence-electron chi connectivity index (χ0n) is 38.1. The fraction of sp³-hybridized carbons (Fsp3) is 0.415. The number of benzene rings is 3. The summed E-state index contributed by atoms with van der Waals surface area (Å²) in [4.78, 5) is 26.9. The summed E-state index contributed by atoms with van der Waals surface area (Å²) in [7, 11) is 0. The van der Waals surface area contributed by atoms with Crippen molar-refractivity contribution in [1.82, 2.24) is 4.57 Å². The number of halogens is 1. The Morgan fingerprint density at radius 2 is 1.63 bits per heavy atom. The van der Waals surface area contributed by atoms with Crippen LogP contribution in [0.2, 0.25) is 0 Å². The van der Waals surface area contributed by atoms with Crippen molar-refractivity contribution in [3.63, 3.8) is 0 Å². The third-order valence-electron chi connectivity index (χ3n) is 8.64. The minimum Gasteiger partial charge on any atom is -0.481 e. The highest BCUT2D eigenvalue weighted by Crippen LogP contribution is 2.47. The monoisotopic (exact) mass is 679 g/mol. The maximum absolute atomic E-state index is 15.1. The average molecular weight is 680 g/mol. The molecular formula is C41H51FN2O5. The molecule has 4 N–H and O–H groups in total. The van der Waals surface area contributed by atoms with Gasteiger partial charge < -0.3 is 25.2 Å². The van der Waals surface area contributed by atoms with Crippen molar-refractivity contribution >= 4 is 17.6 Å². The first-order chi connectivity index (χ1) is 26.4. The van der Waals surface area contributed by atoms with Crippen LogP contribution >= 0.6 is 0 Å². The van der Waals surface area contributed by atoms with Crippen LogP contribution in [-0.4, -0.2) is 43.9 Å². The van der Waals surface area contributed by atoms with Gasteiger partial charge in [0.05, 0.1) is 33.9 Å². The van der Waals surface area contributed by atoms with Crippen LogP contribution < -0.4 is 5.32 Å². The number of hydrogen-bond donors (Lipinski definition) is 4. The van der Waals surface area contributed by atoms with E-state index in [1.165, 1.54) is 12.1 Å². The summed E-state index contributed by atoms with van der Waals surface area (Å²) >= 11 is 0. The Hall–Kier alpha value is -4.27. The van der Waals surface area contributed by atoms with Crippen molar-refractivity contribution in [3.05, 3.63) is 100.0 Å². The van der Waals surface area contributed by atoms with E-state index in [-0.39, 0.29) is 46.0 Å². The lowest BCUT2D eigenvalue weighted by molar-refractivity contribution is -0.139. The van der Waals surface area contributed by atoms with E-state index in [0.29, 0.717) is 11.3 Å². The predicted molar refractivity (Wildman–Crippen MR) is 195 cm³/mol. The Kier molecular flexibility index (Phi) is 8.66. The molecule has 1 aromatic heterocycles. The van der Waals surface area contributed by atoms with Crippen LogP contribution in [0.3, 0.4) is 0 Å². The highest BCUT2D eigenvalue weighted by Gasteiger charge is 2.36. The van der Waals surface area contributed by atoms with E-state index in [1.807, 2.05) is 33.8 Å². The molecule has 0 aliphatic rings. The van der Waals surface area contributed by atoms with Gasteiger partial charge >= 0.3 is 5.97 Å². The quantitative estimate of drug-likeness (QED) is 0.106. The summed E-state index contributed by atoms with van der Waals surface area (Å²) in [5.41, 5.74) is 3.89. The lowest BCUT2D eigenvalue weighted by atomic mass is 9.85. The second-order valence-electron chi connectivity index (χ2n) is 12.6. The largest absolute Gasteiger partial charge is 0.481 e. The van der Waals surface area contributed by atoms with Crippen molar-refractivity contribution < 1.29 is 41.6 Å². The SMILES string of the molecule is [2H]C(C)(n1c(-c2ccc(F)cc2C)c(-c2cccc(C)c2)c(C(=O)Nc2ccc(C)c(C)c2)c1C(CC)C(C)C)C([2H])([2H])[C@@]([2H])(O)C([2H])([2H])[C@@]([2H])(O)C([2H])([2H])C(=O)O. The minimum atomic E-state index is -4.52. The first kappa shape index (κ1) is 26.6. The highest BCUT2D eigenvalue weighted by atomic mass is 19.1. The second-order valence-corrected chi connectivity index (χ2v) is 12.6. The standard InChI is InChI=1S/C41H51FN2O5/c1-9-34(23(2)3)39-38(41(49)43-31-15-13-25(5)26(6)19-31)37(29-12-10-11-24(4)17-29)40(35-16-14-30(42)18-27(35)7)44(39)28(8)20-32(45)21-33(46)22-36(47)48/h10-19,23,28,32-34,45-46H,9,20-22H2,1-8H3,(H,43,49)(H,47,48)/t28?,32-,33-,34?/m1/s1/i20D2,21D2,22D2,28D,32D,33D. The molecule has 0 spiro atoms. The van der Waals surface area contributed by atoms with Gasteiger partial charge in [0.15, 0.2) is 0 Å². The molecule has 0 fully saturated rings. The lowest BCUT2D eigenvalue weighted by Gasteiger charge is -2.29. The van der Waals surface area contributed by atoms with E-state index < -0.39 is 60.9 Å². The molecule has 0 aliphatic carbocycles. The van der Waals surface area contributed by atoms with Gasteiger partial charge in [-0.2, -0.15) is 0 Å². The molecule has 49 heavy (non-hydrogen) atoms. The van der Waals surface area contributed by atoms with Gasteiger partial charge in [-0.25, -0.2) is 4.39 Å². The average Bonchev–Trinajstić information content (AvgIpc) is 3.45. The van der Waals surface area contributed by atoms with Gasteiger partial charge in [-0.15, -0.1) is 0 Å². The molecule has 1 heterocycles. The Morgan fingerprint density at radius 1 is 0.918 bits per heavy atom. The van der Waals surface area contributed by atoms with Crippen molar-refractivity contribution in [1.29, 1.82) is 0 Å². The molecule has 262 valence electrons. The number of carbonyl (C=O) groups excluding carboxylic acids is 1. The normalized spacial score (nSPS) is 19.6. The molecular weight excluding hydrogens is 619 g/mol. The molecule has 4 rings (SSSR count). The lowest BCUT2D eigenvalue weighted by Crippen LogP contribution is -2.25. The Bertz CT molecular complexity index is 2230. The van der Waals surface area contributed by atoms with Crippen LogP contribution in [0.15, 0.2) is 60.7 Å². The molecule has 8 heteroatoms. The summed E-state index contributed by atoms with van der Waals surface area (Å²) in [5.74, 6) is -4.92. The molecule has 0 radical (unpaired) electrons. The first-order valence-corrected chi connectivity index (χ1v) is 16.1. The number of nitrogens with one attached hydrogen (secondary N) is 1. The maximum Gasteiger partial charge on any atom is 0.305 e. The number of carboxylic acids is 1. The third-order valence-corrected chi connectivity index (χ3v) is 8.64. The maximum atomic E-state index is 15.1. The zero-order valence-corrected chi connectivity index (χ0v) is 29.1. The van der Waals surface area contributed by atoms with Crippen molar-refractivity contribution in [2.24, 2.45) is 5.92 Å². The highest BCUT2D eigenvalue weighted by molar-refractivity contribution is 6.12. The van der Waals surface area contributed by atoms with Crippen LogP contribution in [0.4, 0.5) is 10.1 Å². The topological polar surface area (TPSA) is 112 Å². The number of rotatable bonds is 14. The summed E-state index contributed by atoms with van der Waals surface area (Å²) in [6.07, 6.45) is -21.4. The first-order valence-electron chi connectivity index (χ1n) is 20.6. The number of amides is 1. The number of carbonyl (C=O) groups is 2. The van der Waals surface area contributed by atoms with Crippen molar-refractivity contribution in [3.8, 4) is 22.4 Å². The molecule has 7 nitrogen and oxygen atoms in total. The molecule has 3 aromatic carbocycles. The number of carboxylic acid groups (broad SMARTS) is 1. The van der Waals surface area contributed by atoms with Crippen LogP contribution in [0.25, 0.3) is 22.4 Å². The van der Waals surface area contributed by atoms with E-state index in [1.54, 1.807) is 57.2 Å². The fourth-order valence-electron chi connectivity index (χ4n) is 6.25. The number of aromatic nitrogens is 1. The van der Waals surface area contributed by atoms with Crippen LogP contribution in [0, 0.1) is 39.4 Å². The second kappa shape index (κ2) is 16.0. The summed E-state index contributed by atoms with van der Waals surface area (Å²) in [6, 6.07) is 12.7. The number of hydrogen-bond acceptors (Lipinski definition) is 4. The molecule has 4 atom stereocenters. The molecule has 0 aliphatic heterocycles. The van der Waals surface area contributed by atoms with Crippen LogP contribution in [-0.2, 0) is 4.79 Å². The van der Waals surface area contributed by atoms with Gasteiger partial charge in [0.1, 0.15) is 5.82 Å². The van der Waals surface area contributed by atoms with Gasteiger partial charge in [-0.3, -0.25) is 9.59 Å². The summed E-state index contributed by atoms with van der Waals surface area (Å²) in [5, 5.41) is 35.2. The summed E-state index contributed by atoms with van der Waals surface area (Å²) < 4.78 is 94.6. The smallest absolute Gasteiger partial charge is 0.305 e. The molecule has 0 bridgehead atoms. The Balaban J connectivity index is 2.32. The molecule has 0 saturated heterocycles. The minimum absolute atomic E-state index is 0.0220. The Morgan fingerprint density at radius 3 is 2.22 bits per heavy atom. The van der Waals surface area contributed by atoms with E-state index >= 15 is 4.79 Å². The molecule has 1 amide bonds. The molecule has 0 saturated carbocycles.